The van der Waals surface area contributed by atoms with Crippen LogP contribution in [0.3, 0.4) is 0 Å². The molecule has 1 aliphatic rings. The molecule has 34 heavy (non-hydrogen) atoms. The van der Waals surface area contributed by atoms with Gasteiger partial charge in [0.15, 0.2) is 5.75 Å². The molecular formula is C20H31BN3NaO9. The Labute approximate surface area is 221 Å². The number of nitrogens with zero attached hydrogens (tertiary/aromatic N) is 3. The van der Waals surface area contributed by atoms with Gasteiger partial charge < -0.3 is 28.5 Å². The van der Waals surface area contributed by atoms with Crippen molar-refractivity contribution in [1.29, 1.82) is 0 Å². The van der Waals surface area contributed by atoms with Gasteiger partial charge in [-0.2, -0.15) is 0 Å². The minimum Gasteiger partial charge on any atom is -0.625 e. The molecule has 12 nitrogen and oxygen atoms in total. The minimum atomic E-state index is -2.41. The Morgan fingerprint density at radius 3 is 1.91 bits per heavy atom. The van der Waals surface area contributed by atoms with Crippen LogP contribution in [0.15, 0.2) is 18.2 Å². The van der Waals surface area contributed by atoms with Crippen molar-refractivity contribution in [2.24, 2.45) is 0 Å². The Balaban J connectivity index is 0.000000684. The van der Waals surface area contributed by atoms with Crippen molar-refractivity contribution in [2.75, 3.05) is 46.9 Å². The molecule has 2 rings (SSSR count). The second-order valence-corrected chi connectivity index (χ2v) is 7.42. The number of hydrogen-bond donors (Lipinski definition) is 0. The summed E-state index contributed by atoms with van der Waals surface area (Å²) < 4.78 is 18.4. The van der Waals surface area contributed by atoms with Gasteiger partial charge in [-0.15, -0.1) is 0 Å². The quantitative estimate of drug-likeness (QED) is 0.222. The molecule has 0 N–H and O–H groups in total. The molecule has 0 bridgehead atoms. The average molecular weight is 491 g/mol. The molecule has 1 saturated heterocycles. The Kier molecular flexibility index (Phi) is 15.4. The Hall–Kier alpha value is -2.19. The monoisotopic (exact) mass is 491 g/mol. The number of methoxy groups -OCH3 is 1. The number of nitro groups is 1. The number of hydrogen-bond acceptors (Lipinski definition) is 11. The van der Waals surface area contributed by atoms with Gasteiger partial charge in [0.1, 0.15) is 0 Å². The maximum absolute atomic E-state index is 10.8. The molecular weight excluding hydrogens is 460 g/mol. The molecule has 0 amide bonds. The zero-order chi connectivity index (χ0) is 25.0. The van der Waals surface area contributed by atoms with Gasteiger partial charge in [0.25, 0.3) is 17.9 Å². The number of benzene rings is 1. The number of likely N-dealkylation sites (N-methyl/N-ethyl adjacent to an activating group) is 1. The molecule has 0 spiro atoms. The first-order valence-electron chi connectivity index (χ1n) is 10.4. The number of carbonyl (C=O) groups excluding carboxylic acids is 3. The summed E-state index contributed by atoms with van der Waals surface area (Å²) in [6.45, 7) is 8.70. The van der Waals surface area contributed by atoms with Crippen LogP contribution in [0, 0.1) is 10.1 Å². The van der Waals surface area contributed by atoms with Crippen LogP contribution in [-0.4, -0.2) is 86.8 Å². The summed E-state index contributed by atoms with van der Waals surface area (Å²) in [5.74, 6) is -1.70. The van der Waals surface area contributed by atoms with Gasteiger partial charge in [-0.25, -0.2) is 0 Å². The van der Waals surface area contributed by atoms with Gasteiger partial charge >= 0.3 is 42.6 Å². The predicted octanol–water partition coefficient (Wildman–Crippen LogP) is -2.21. The van der Waals surface area contributed by atoms with Crippen molar-refractivity contribution in [3.8, 4) is 5.75 Å². The average Bonchev–Trinajstić information content (AvgIpc) is 2.72. The first kappa shape index (κ1) is 31.8. The second-order valence-electron chi connectivity index (χ2n) is 7.42. The third-order valence-corrected chi connectivity index (χ3v) is 4.72. The topological polar surface area (TPSA) is 138 Å². The van der Waals surface area contributed by atoms with Crippen LogP contribution in [0.2, 0.25) is 0 Å². The first-order chi connectivity index (χ1) is 15.5. The van der Waals surface area contributed by atoms with Gasteiger partial charge in [-0.3, -0.25) is 24.5 Å². The maximum Gasteiger partial charge on any atom is 1.00 e. The summed E-state index contributed by atoms with van der Waals surface area (Å²) >= 11 is 0. The number of rotatable bonds is 8. The zero-order valence-corrected chi connectivity index (χ0v) is 22.7. The summed E-state index contributed by atoms with van der Waals surface area (Å²) in [5, 5.41) is 10.8. The SMILES string of the molecule is CC(=O)O[BH-](OC(C)=O)OC(C)=O.COc1cc(CCN2CCN(C)CC2)ccc1[N+](=O)[O-].[Na+]. The van der Waals surface area contributed by atoms with E-state index >= 15 is 0 Å². The van der Waals surface area contributed by atoms with E-state index in [1.165, 1.54) is 13.2 Å². The van der Waals surface area contributed by atoms with Crippen LogP contribution in [0.25, 0.3) is 0 Å². The number of nitro benzene ring substituents is 1. The largest absolute Gasteiger partial charge is 1.00 e. The maximum atomic E-state index is 10.8. The molecule has 14 heteroatoms. The van der Waals surface area contributed by atoms with E-state index in [9.17, 15) is 24.5 Å². The van der Waals surface area contributed by atoms with E-state index < -0.39 is 30.2 Å². The van der Waals surface area contributed by atoms with Crippen LogP contribution in [0.1, 0.15) is 26.3 Å². The van der Waals surface area contributed by atoms with Gasteiger partial charge in [0.2, 0.25) is 0 Å². The van der Waals surface area contributed by atoms with Crippen LogP contribution in [0.5, 0.6) is 5.75 Å². The second kappa shape index (κ2) is 16.4. The molecule has 1 aromatic carbocycles. The van der Waals surface area contributed by atoms with E-state index in [0.29, 0.717) is 5.75 Å². The van der Waals surface area contributed by atoms with Crippen LogP contribution >= 0.6 is 0 Å². The summed E-state index contributed by atoms with van der Waals surface area (Å²) in [6, 6.07) is 5.11. The molecule has 1 fully saturated rings. The molecule has 0 unspecified atom stereocenters. The summed E-state index contributed by atoms with van der Waals surface area (Å²) in [5.41, 5.74) is 1.10. The van der Waals surface area contributed by atoms with Gasteiger partial charge in [0.05, 0.1) is 12.0 Å². The molecule has 1 aliphatic heterocycles. The standard InChI is InChI=1S/C14H21N3O3.C6H10BO6.Na/c1-15-7-9-16(10-8-15)6-5-12-3-4-13(17(18)19)14(11-12)20-2;1-4(8)11-7(12-5(2)9)13-6(3)10;/h3-4,11H,5-10H2,1-2H3;7H,1-3H3;/q;-1;+1. The van der Waals surface area contributed by atoms with E-state index in [-0.39, 0.29) is 35.2 Å². The minimum absolute atomic E-state index is 0. The summed E-state index contributed by atoms with van der Waals surface area (Å²) in [4.78, 5) is 46.5. The molecule has 184 valence electrons. The van der Waals surface area contributed by atoms with Crippen molar-refractivity contribution < 1.29 is 67.6 Å². The van der Waals surface area contributed by atoms with Crippen LogP contribution in [0.4, 0.5) is 5.69 Å². The van der Waals surface area contributed by atoms with Gasteiger partial charge in [-0.05, 0) is 25.1 Å². The molecule has 1 aromatic rings. The van der Waals surface area contributed by atoms with Gasteiger partial charge in [0, 0.05) is 59.6 Å². The summed E-state index contributed by atoms with van der Waals surface area (Å²) in [6.07, 6.45) is 0.887. The molecule has 0 atom stereocenters. The fraction of sp³-hybridized carbons (Fsp3) is 0.550. The van der Waals surface area contributed by atoms with Crippen molar-refractivity contribution in [3.05, 3.63) is 33.9 Å². The summed E-state index contributed by atoms with van der Waals surface area (Å²) in [7, 11) is 1.19. The van der Waals surface area contributed by atoms with E-state index in [0.717, 1.165) is 65.5 Å². The van der Waals surface area contributed by atoms with E-state index in [1.54, 1.807) is 6.07 Å². The fourth-order valence-corrected chi connectivity index (χ4v) is 2.97. The van der Waals surface area contributed by atoms with E-state index in [1.807, 2.05) is 6.07 Å². The van der Waals surface area contributed by atoms with Crippen LogP contribution in [-0.2, 0) is 34.8 Å². The Morgan fingerprint density at radius 2 is 1.50 bits per heavy atom. The molecule has 0 aliphatic carbocycles. The number of ether oxygens (including phenoxy) is 1. The first-order valence-corrected chi connectivity index (χ1v) is 10.4. The molecule has 0 aromatic heterocycles. The van der Waals surface area contributed by atoms with Crippen molar-refractivity contribution in [1.82, 2.24) is 9.80 Å². The third kappa shape index (κ3) is 12.9. The zero-order valence-electron chi connectivity index (χ0n) is 20.7. The number of piperazine rings is 1. The van der Waals surface area contributed by atoms with E-state index in [2.05, 4.69) is 30.8 Å². The van der Waals surface area contributed by atoms with E-state index in [4.69, 9.17) is 4.74 Å². The molecule has 0 radical (unpaired) electrons. The van der Waals surface area contributed by atoms with Crippen LogP contribution < -0.4 is 34.3 Å². The van der Waals surface area contributed by atoms with Crippen molar-refractivity contribution in [3.63, 3.8) is 0 Å². The van der Waals surface area contributed by atoms with Gasteiger partial charge in [-0.1, -0.05) is 6.07 Å². The van der Waals surface area contributed by atoms with Crippen molar-refractivity contribution >= 4 is 30.9 Å². The smallest absolute Gasteiger partial charge is 0.625 e. The fourth-order valence-electron chi connectivity index (χ4n) is 2.97. The predicted molar refractivity (Wildman–Crippen MR) is 120 cm³/mol. The molecule has 0 saturated carbocycles. The Bertz CT molecular complexity index is 797. The normalized spacial score (nSPS) is 13.6. The molecule has 1 heterocycles. The number of carbonyl (C=O) groups is 3. The van der Waals surface area contributed by atoms with Crippen molar-refractivity contribution in [2.45, 2.75) is 27.2 Å². The Morgan fingerprint density at radius 1 is 1.00 bits per heavy atom. The third-order valence-electron chi connectivity index (χ3n) is 4.72.